The molecule has 1 aromatic heterocycles. The number of aromatic nitrogens is 1. The Bertz CT molecular complexity index is 444. The van der Waals surface area contributed by atoms with E-state index >= 15 is 0 Å². The van der Waals surface area contributed by atoms with Crippen LogP contribution in [0.15, 0.2) is 6.07 Å². The molecule has 3 nitrogen and oxygen atoms in total. The normalized spacial score (nSPS) is 12.4. The van der Waals surface area contributed by atoms with Crippen LogP contribution in [0.4, 0.5) is 26.3 Å². The van der Waals surface area contributed by atoms with Crippen LogP contribution in [0.2, 0.25) is 0 Å². The zero-order valence-electron chi connectivity index (χ0n) is 8.49. The summed E-state index contributed by atoms with van der Waals surface area (Å²) >= 11 is 1.44. The third-order valence-corrected chi connectivity index (χ3v) is 2.19. The highest BCUT2D eigenvalue weighted by molar-refractivity contribution is 14.1. The van der Waals surface area contributed by atoms with Crippen LogP contribution in [0.25, 0.3) is 0 Å². The van der Waals surface area contributed by atoms with Crippen molar-refractivity contribution < 1.29 is 35.8 Å². The smallest absolute Gasteiger partial charge is 0.496 e. The Morgan fingerprint density at radius 2 is 1.72 bits per heavy atom. The summed E-state index contributed by atoms with van der Waals surface area (Å²) in [5.41, 5.74) is -1.71. The molecule has 0 fully saturated rings. The highest BCUT2D eigenvalue weighted by atomic mass is 127. The van der Waals surface area contributed by atoms with Gasteiger partial charge in [0, 0.05) is 6.07 Å². The van der Waals surface area contributed by atoms with Gasteiger partial charge in [-0.2, -0.15) is 13.2 Å². The van der Waals surface area contributed by atoms with E-state index in [0.717, 1.165) is 13.2 Å². The minimum Gasteiger partial charge on any atom is -0.496 e. The SMILES string of the molecule is COc1cc(I)nc(OC(F)(F)F)c1C(F)(F)F. The molecule has 102 valence electrons. The van der Waals surface area contributed by atoms with Crippen molar-refractivity contribution in [2.24, 2.45) is 0 Å². The second kappa shape index (κ2) is 4.97. The predicted molar refractivity (Wildman–Crippen MR) is 55.2 cm³/mol. The third kappa shape index (κ3) is 3.78. The van der Waals surface area contributed by atoms with Gasteiger partial charge in [-0.15, -0.1) is 13.2 Å². The van der Waals surface area contributed by atoms with Crippen LogP contribution in [0, 0.1) is 3.70 Å². The first-order chi connectivity index (χ1) is 8.04. The van der Waals surface area contributed by atoms with E-state index in [9.17, 15) is 26.3 Å². The zero-order valence-corrected chi connectivity index (χ0v) is 10.6. The van der Waals surface area contributed by atoms with Gasteiger partial charge < -0.3 is 9.47 Å². The van der Waals surface area contributed by atoms with Gasteiger partial charge >= 0.3 is 12.5 Å². The molecular weight excluding hydrogens is 383 g/mol. The molecule has 0 aliphatic heterocycles. The van der Waals surface area contributed by atoms with Crippen molar-refractivity contribution >= 4 is 22.6 Å². The number of hydrogen-bond donors (Lipinski definition) is 0. The summed E-state index contributed by atoms with van der Waals surface area (Å²) in [6, 6.07) is 0.854. The Kier molecular flexibility index (Phi) is 4.18. The quantitative estimate of drug-likeness (QED) is 0.442. The molecule has 1 heterocycles. The highest BCUT2D eigenvalue weighted by Crippen LogP contribution is 2.43. The standard InChI is InChI=1S/C8H4F6INO2/c1-17-3-2-4(15)16-6(18-8(12,13)14)5(3)7(9,10)11/h2H,1H3. The summed E-state index contributed by atoms with van der Waals surface area (Å²) in [6.45, 7) is 0. The zero-order chi connectivity index (χ0) is 14.1. The Hall–Kier alpha value is -0.940. The first kappa shape index (κ1) is 15.1. The van der Waals surface area contributed by atoms with Crippen molar-refractivity contribution in [3.05, 3.63) is 15.3 Å². The molecule has 0 saturated carbocycles. The average molecular weight is 387 g/mol. The first-order valence-corrected chi connectivity index (χ1v) is 5.20. The maximum absolute atomic E-state index is 12.6. The molecule has 0 unspecified atom stereocenters. The number of ether oxygens (including phenoxy) is 2. The second-order valence-corrected chi connectivity index (χ2v) is 3.98. The van der Waals surface area contributed by atoms with Crippen LogP contribution in [-0.4, -0.2) is 18.5 Å². The van der Waals surface area contributed by atoms with Gasteiger partial charge in [-0.1, -0.05) is 0 Å². The van der Waals surface area contributed by atoms with E-state index in [1.165, 1.54) is 22.6 Å². The van der Waals surface area contributed by atoms with E-state index < -0.39 is 29.7 Å². The van der Waals surface area contributed by atoms with Crippen LogP contribution in [0.1, 0.15) is 5.56 Å². The number of alkyl halides is 6. The summed E-state index contributed by atoms with van der Waals surface area (Å²) in [7, 11) is 0.901. The van der Waals surface area contributed by atoms with Crippen molar-refractivity contribution in [3.63, 3.8) is 0 Å². The van der Waals surface area contributed by atoms with Crippen LogP contribution in [0.3, 0.4) is 0 Å². The van der Waals surface area contributed by atoms with Crippen molar-refractivity contribution in [2.75, 3.05) is 7.11 Å². The predicted octanol–water partition coefficient (Wildman–Crippen LogP) is 3.61. The summed E-state index contributed by atoms with van der Waals surface area (Å²) in [6.07, 6.45) is -10.4. The monoisotopic (exact) mass is 387 g/mol. The van der Waals surface area contributed by atoms with E-state index in [1.807, 2.05) is 0 Å². The number of rotatable bonds is 2. The van der Waals surface area contributed by atoms with Gasteiger partial charge in [0.1, 0.15) is 9.45 Å². The lowest BCUT2D eigenvalue weighted by molar-refractivity contribution is -0.278. The molecule has 1 aromatic rings. The molecule has 10 heteroatoms. The lowest BCUT2D eigenvalue weighted by atomic mass is 10.2. The number of methoxy groups -OCH3 is 1. The van der Waals surface area contributed by atoms with E-state index in [4.69, 9.17) is 0 Å². The minimum atomic E-state index is -5.28. The molecule has 0 N–H and O–H groups in total. The van der Waals surface area contributed by atoms with Gasteiger partial charge in [0.15, 0.2) is 5.56 Å². The van der Waals surface area contributed by atoms with Gasteiger partial charge in [-0.3, -0.25) is 0 Å². The number of hydrogen-bond acceptors (Lipinski definition) is 3. The number of nitrogens with zero attached hydrogens (tertiary/aromatic N) is 1. The van der Waals surface area contributed by atoms with Crippen LogP contribution >= 0.6 is 22.6 Å². The molecule has 0 radical (unpaired) electrons. The lowest BCUT2D eigenvalue weighted by Crippen LogP contribution is -2.22. The van der Waals surface area contributed by atoms with Gasteiger partial charge in [-0.25, -0.2) is 4.98 Å². The maximum atomic E-state index is 12.6. The van der Waals surface area contributed by atoms with E-state index in [0.29, 0.717) is 0 Å². The summed E-state index contributed by atoms with van der Waals surface area (Å²) in [5.74, 6) is -2.38. The molecule has 0 aliphatic carbocycles. The molecule has 0 saturated heterocycles. The topological polar surface area (TPSA) is 31.4 Å². The van der Waals surface area contributed by atoms with Crippen LogP contribution < -0.4 is 9.47 Å². The van der Waals surface area contributed by atoms with E-state index in [-0.39, 0.29) is 3.70 Å². The van der Waals surface area contributed by atoms with Gasteiger partial charge in [-0.05, 0) is 22.6 Å². The van der Waals surface area contributed by atoms with Crippen molar-refractivity contribution in [3.8, 4) is 11.6 Å². The Balaban J connectivity index is 3.43. The van der Waals surface area contributed by atoms with Crippen molar-refractivity contribution in [2.45, 2.75) is 12.5 Å². The number of halogens is 7. The molecule has 0 bridgehead atoms. The van der Waals surface area contributed by atoms with E-state index in [2.05, 4.69) is 14.5 Å². The fourth-order valence-corrected chi connectivity index (χ4v) is 1.58. The van der Waals surface area contributed by atoms with Gasteiger partial charge in [0.25, 0.3) is 0 Å². The fourth-order valence-electron chi connectivity index (χ4n) is 1.08. The van der Waals surface area contributed by atoms with Crippen molar-refractivity contribution in [1.82, 2.24) is 4.98 Å². The van der Waals surface area contributed by atoms with Crippen molar-refractivity contribution in [1.29, 1.82) is 0 Å². The molecule has 1 rings (SSSR count). The third-order valence-electron chi connectivity index (χ3n) is 1.63. The fraction of sp³-hybridized carbons (Fsp3) is 0.375. The largest absolute Gasteiger partial charge is 0.574 e. The Morgan fingerprint density at radius 1 is 1.17 bits per heavy atom. The summed E-state index contributed by atoms with van der Waals surface area (Å²) < 4.78 is 81.4. The maximum Gasteiger partial charge on any atom is 0.574 e. The van der Waals surface area contributed by atoms with Gasteiger partial charge in [0.05, 0.1) is 7.11 Å². The summed E-state index contributed by atoms with van der Waals surface area (Å²) in [5, 5.41) is 0. The molecule has 0 spiro atoms. The van der Waals surface area contributed by atoms with Gasteiger partial charge in [0.2, 0.25) is 5.88 Å². The highest BCUT2D eigenvalue weighted by Gasteiger charge is 2.43. The Labute approximate surface area is 110 Å². The van der Waals surface area contributed by atoms with Crippen LogP contribution in [0.5, 0.6) is 11.6 Å². The molecular formula is C8H4F6INO2. The first-order valence-electron chi connectivity index (χ1n) is 4.12. The number of pyridine rings is 1. The van der Waals surface area contributed by atoms with E-state index in [1.54, 1.807) is 0 Å². The molecule has 0 aromatic carbocycles. The molecule has 18 heavy (non-hydrogen) atoms. The summed E-state index contributed by atoms with van der Waals surface area (Å²) in [4.78, 5) is 3.08. The molecule has 0 aliphatic rings. The molecule has 0 amide bonds. The molecule has 0 atom stereocenters. The lowest BCUT2D eigenvalue weighted by Gasteiger charge is -2.17. The minimum absolute atomic E-state index is 0.128. The van der Waals surface area contributed by atoms with Crippen LogP contribution in [-0.2, 0) is 6.18 Å². The average Bonchev–Trinajstić information content (AvgIpc) is 2.11. The second-order valence-electron chi connectivity index (χ2n) is 2.87. The Morgan fingerprint density at radius 3 is 2.11 bits per heavy atom.